The molecule has 0 bridgehead atoms. The van der Waals surface area contributed by atoms with Crippen molar-refractivity contribution in [2.75, 3.05) is 0 Å². The fourth-order valence-electron chi connectivity index (χ4n) is 1.26. The summed E-state index contributed by atoms with van der Waals surface area (Å²) in [6.07, 6.45) is 0. The highest BCUT2D eigenvalue weighted by molar-refractivity contribution is 9.10. The first kappa shape index (κ1) is 9.75. The highest BCUT2D eigenvalue weighted by Crippen LogP contribution is 2.19. The zero-order chi connectivity index (χ0) is 8.97. The second-order valence-corrected chi connectivity index (χ2v) is 3.43. The van der Waals surface area contributed by atoms with Crippen LogP contribution < -0.4 is 5.32 Å². The first-order valence-corrected chi connectivity index (χ1v) is 5.13. The molecule has 1 heterocycles. The molecule has 66 valence electrons. The SMILES string of the molecule is Brc1ccc2c(c1)CNC2.CC. The van der Waals surface area contributed by atoms with Gasteiger partial charge in [0.25, 0.3) is 0 Å². The largest absolute Gasteiger partial charge is 0.309 e. The van der Waals surface area contributed by atoms with E-state index in [-0.39, 0.29) is 0 Å². The van der Waals surface area contributed by atoms with Crippen LogP contribution in [0.5, 0.6) is 0 Å². The predicted molar refractivity (Wildman–Crippen MR) is 56.0 cm³/mol. The Hall–Kier alpha value is -0.340. The van der Waals surface area contributed by atoms with Gasteiger partial charge in [-0.05, 0) is 23.3 Å². The lowest BCUT2D eigenvalue weighted by atomic mass is 10.1. The van der Waals surface area contributed by atoms with Gasteiger partial charge >= 0.3 is 0 Å². The molecular weight excluding hydrogens is 214 g/mol. The number of halogens is 1. The van der Waals surface area contributed by atoms with Crippen LogP contribution in [0.1, 0.15) is 25.0 Å². The van der Waals surface area contributed by atoms with E-state index in [0.29, 0.717) is 0 Å². The van der Waals surface area contributed by atoms with Gasteiger partial charge < -0.3 is 5.32 Å². The van der Waals surface area contributed by atoms with Crippen LogP contribution in [0.25, 0.3) is 0 Å². The molecule has 0 radical (unpaired) electrons. The summed E-state index contributed by atoms with van der Waals surface area (Å²) in [6, 6.07) is 6.43. The fourth-order valence-corrected chi connectivity index (χ4v) is 1.67. The molecule has 1 aromatic rings. The molecule has 0 saturated carbocycles. The zero-order valence-corrected chi connectivity index (χ0v) is 9.11. The van der Waals surface area contributed by atoms with Crippen molar-refractivity contribution >= 4 is 15.9 Å². The van der Waals surface area contributed by atoms with Crippen molar-refractivity contribution in [1.29, 1.82) is 0 Å². The average Bonchev–Trinajstić information content (AvgIpc) is 2.54. The zero-order valence-electron chi connectivity index (χ0n) is 7.52. The van der Waals surface area contributed by atoms with E-state index < -0.39 is 0 Å². The van der Waals surface area contributed by atoms with Gasteiger partial charge in [0.05, 0.1) is 0 Å². The quantitative estimate of drug-likeness (QED) is 0.719. The van der Waals surface area contributed by atoms with Crippen LogP contribution in [-0.4, -0.2) is 0 Å². The molecule has 0 spiro atoms. The minimum atomic E-state index is 1.02. The van der Waals surface area contributed by atoms with Crippen molar-refractivity contribution in [2.45, 2.75) is 26.9 Å². The summed E-state index contributed by atoms with van der Waals surface area (Å²) in [5.74, 6) is 0. The van der Waals surface area contributed by atoms with E-state index in [4.69, 9.17) is 0 Å². The Morgan fingerprint density at radius 3 is 2.58 bits per heavy atom. The second-order valence-electron chi connectivity index (χ2n) is 2.52. The maximum Gasteiger partial charge on any atom is 0.0212 e. The molecule has 0 fully saturated rings. The topological polar surface area (TPSA) is 12.0 Å². The Labute approximate surface area is 82.3 Å². The van der Waals surface area contributed by atoms with Crippen LogP contribution in [0.3, 0.4) is 0 Å². The van der Waals surface area contributed by atoms with E-state index in [0.717, 1.165) is 13.1 Å². The summed E-state index contributed by atoms with van der Waals surface area (Å²) in [5, 5.41) is 3.29. The standard InChI is InChI=1S/C8H8BrN.C2H6/c9-8-2-1-6-4-10-5-7(6)3-8;1-2/h1-3,10H,4-5H2;1-2H3. The van der Waals surface area contributed by atoms with E-state index in [2.05, 4.69) is 39.4 Å². The number of fused-ring (bicyclic) bond motifs is 1. The van der Waals surface area contributed by atoms with Crippen LogP contribution in [0.4, 0.5) is 0 Å². The van der Waals surface area contributed by atoms with E-state index in [1.807, 2.05) is 13.8 Å². The van der Waals surface area contributed by atoms with Crippen molar-refractivity contribution in [2.24, 2.45) is 0 Å². The lowest BCUT2D eigenvalue weighted by Crippen LogP contribution is -1.99. The molecule has 1 aliphatic rings. The molecule has 2 heteroatoms. The number of rotatable bonds is 0. The molecule has 1 aliphatic heterocycles. The Balaban J connectivity index is 0.000000336. The maximum absolute atomic E-state index is 3.44. The van der Waals surface area contributed by atoms with Crippen LogP contribution >= 0.6 is 15.9 Å². The molecule has 0 aromatic heterocycles. The van der Waals surface area contributed by atoms with Gasteiger partial charge in [-0.2, -0.15) is 0 Å². The van der Waals surface area contributed by atoms with Crippen LogP contribution in [0.2, 0.25) is 0 Å². The van der Waals surface area contributed by atoms with E-state index in [1.165, 1.54) is 15.6 Å². The lowest BCUT2D eigenvalue weighted by molar-refractivity contribution is 0.765. The Kier molecular flexibility index (Phi) is 3.76. The highest BCUT2D eigenvalue weighted by atomic mass is 79.9. The fraction of sp³-hybridized carbons (Fsp3) is 0.400. The van der Waals surface area contributed by atoms with Crippen LogP contribution in [-0.2, 0) is 13.1 Å². The first-order valence-electron chi connectivity index (χ1n) is 4.34. The molecule has 0 unspecified atom stereocenters. The Morgan fingerprint density at radius 1 is 1.17 bits per heavy atom. The van der Waals surface area contributed by atoms with Gasteiger partial charge in [-0.1, -0.05) is 35.8 Å². The van der Waals surface area contributed by atoms with Crippen molar-refractivity contribution in [3.8, 4) is 0 Å². The van der Waals surface area contributed by atoms with Crippen molar-refractivity contribution in [3.05, 3.63) is 33.8 Å². The predicted octanol–water partition coefficient (Wildman–Crippen LogP) is 3.08. The van der Waals surface area contributed by atoms with Crippen molar-refractivity contribution in [1.82, 2.24) is 5.32 Å². The molecule has 0 aliphatic carbocycles. The van der Waals surface area contributed by atoms with Gasteiger partial charge in [0.1, 0.15) is 0 Å². The number of hydrogen-bond donors (Lipinski definition) is 1. The van der Waals surface area contributed by atoms with Crippen molar-refractivity contribution in [3.63, 3.8) is 0 Å². The van der Waals surface area contributed by atoms with Crippen LogP contribution in [0, 0.1) is 0 Å². The average molecular weight is 228 g/mol. The summed E-state index contributed by atoms with van der Waals surface area (Å²) < 4.78 is 1.18. The van der Waals surface area contributed by atoms with Gasteiger partial charge in [-0.15, -0.1) is 0 Å². The van der Waals surface area contributed by atoms with Gasteiger partial charge in [0.2, 0.25) is 0 Å². The number of nitrogens with one attached hydrogen (secondary N) is 1. The molecule has 0 saturated heterocycles. The van der Waals surface area contributed by atoms with Gasteiger partial charge in [-0.25, -0.2) is 0 Å². The normalized spacial score (nSPS) is 13.2. The molecule has 1 nitrogen and oxygen atoms in total. The lowest BCUT2D eigenvalue weighted by Gasteiger charge is -1.95. The van der Waals surface area contributed by atoms with Crippen LogP contribution in [0.15, 0.2) is 22.7 Å². The van der Waals surface area contributed by atoms with Crippen molar-refractivity contribution < 1.29 is 0 Å². The van der Waals surface area contributed by atoms with E-state index >= 15 is 0 Å². The third-order valence-electron chi connectivity index (χ3n) is 1.80. The number of hydrogen-bond acceptors (Lipinski definition) is 1. The molecule has 12 heavy (non-hydrogen) atoms. The summed E-state index contributed by atoms with van der Waals surface area (Å²) >= 11 is 3.44. The number of benzene rings is 1. The van der Waals surface area contributed by atoms with Gasteiger partial charge in [-0.3, -0.25) is 0 Å². The smallest absolute Gasteiger partial charge is 0.0212 e. The molecular formula is C10H14BrN. The minimum absolute atomic E-state index is 1.02. The summed E-state index contributed by atoms with van der Waals surface area (Å²) in [7, 11) is 0. The second kappa shape index (κ2) is 4.63. The van der Waals surface area contributed by atoms with E-state index in [9.17, 15) is 0 Å². The first-order chi connectivity index (χ1) is 5.86. The monoisotopic (exact) mass is 227 g/mol. The molecule has 1 aromatic carbocycles. The van der Waals surface area contributed by atoms with Gasteiger partial charge in [0, 0.05) is 17.6 Å². The highest BCUT2D eigenvalue weighted by Gasteiger charge is 2.08. The summed E-state index contributed by atoms with van der Waals surface area (Å²) in [5.41, 5.74) is 2.86. The third-order valence-corrected chi connectivity index (χ3v) is 2.29. The Bertz CT molecular complexity index is 258. The molecule has 1 N–H and O–H groups in total. The summed E-state index contributed by atoms with van der Waals surface area (Å²) in [6.45, 7) is 6.05. The van der Waals surface area contributed by atoms with Gasteiger partial charge in [0.15, 0.2) is 0 Å². The summed E-state index contributed by atoms with van der Waals surface area (Å²) in [4.78, 5) is 0. The van der Waals surface area contributed by atoms with E-state index in [1.54, 1.807) is 0 Å². The maximum atomic E-state index is 3.44. The third kappa shape index (κ3) is 2.08. The minimum Gasteiger partial charge on any atom is -0.309 e. The molecule has 0 atom stereocenters. The molecule has 0 amide bonds. The Morgan fingerprint density at radius 2 is 1.83 bits per heavy atom. The molecule has 2 rings (SSSR count).